The monoisotopic (exact) mass is 596 g/mol. The summed E-state index contributed by atoms with van der Waals surface area (Å²) in [7, 11) is 0. The Labute approximate surface area is 239 Å². The zero-order valence-electron chi connectivity index (χ0n) is 22.0. The molecule has 0 aliphatic rings. The van der Waals surface area contributed by atoms with Crippen LogP contribution in [0.5, 0.6) is 11.5 Å². The molecule has 0 bridgehead atoms. The molecular weight excluding hydrogens is 566 g/mol. The third-order valence-corrected chi connectivity index (χ3v) is 4.88. The summed E-state index contributed by atoms with van der Waals surface area (Å²) >= 11 is 0. The number of hydrogen-bond donors (Lipinski definition) is 4. The van der Waals surface area contributed by atoms with Crippen LogP contribution in [0.25, 0.3) is 0 Å². The molecule has 2 rings (SSSR count). The second kappa shape index (κ2) is 19.2. The molecule has 0 unspecified atom stereocenters. The number of carboxylic acid groups (broad SMARTS) is 2. The van der Waals surface area contributed by atoms with Crippen molar-refractivity contribution in [3.05, 3.63) is 47.5 Å². The van der Waals surface area contributed by atoms with Gasteiger partial charge in [-0.15, -0.1) is 0 Å². The molecule has 0 aliphatic carbocycles. The molecule has 0 aliphatic heterocycles. The van der Waals surface area contributed by atoms with Crippen molar-refractivity contribution in [1.82, 2.24) is 0 Å². The van der Waals surface area contributed by atoms with Crippen LogP contribution < -0.4 is 20.8 Å². The van der Waals surface area contributed by atoms with E-state index in [1.807, 2.05) is 13.8 Å². The summed E-state index contributed by atoms with van der Waals surface area (Å²) in [6.45, 7) is 4.72. The summed E-state index contributed by atoms with van der Waals surface area (Å²) < 4.78 is 9.79. The van der Waals surface area contributed by atoms with Gasteiger partial charge in [-0.05, 0) is 49.2 Å². The van der Waals surface area contributed by atoms with E-state index in [9.17, 15) is 29.4 Å². The van der Waals surface area contributed by atoms with Gasteiger partial charge < -0.3 is 29.9 Å². The van der Waals surface area contributed by atoms with Gasteiger partial charge in [0, 0.05) is 11.4 Å². The number of anilines is 2. The first-order chi connectivity index (χ1) is 18.1. The molecule has 2 amide bonds. The van der Waals surface area contributed by atoms with E-state index < -0.39 is 35.6 Å². The predicted molar refractivity (Wildman–Crippen MR) is 135 cm³/mol. The topological polar surface area (TPSA) is 197 Å². The number of unbranched alkanes of at least 4 members (excludes halogenated alkanes) is 4. The van der Waals surface area contributed by atoms with Gasteiger partial charge >= 0.3 is 43.6 Å². The van der Waals surface area contributed by atoms with Gasteiger partial charge in [-0.25, -0.2) is 19.2 Å². The normalized spacial score (nSPS) is 9.69. The Kier molecular flexibility index (Phi) is 17.3. The number of ether oxygens (including phenoxy) is 2. The first-order valence-electron chi connectivity index (χ1n) is 12.0. The van der Waals surface area contributed by atoms with E-state index in [-0.39, 0.29) is 42.0 Å². The minimum absolute atomic E-state index is 0. The van der Waals surface area contributed by atoms with Crippen LogP contribution in [0, 0.1) is 0 Å². The maximum absolute atomic E-state index is 11.4. The van der Waals surface area contributed by atoms with Crippen molar-refractivity contribution in [2.24, 2.45) is 0 Å². The van der Waals surface area contributed by atoms with Gasteiger partial charge in [0.15, 0.2) is 0 Å². The van der Waals surface area contributed by atoms with E-state index in [1.165, 1.54) is 12.1 Å². The van der Waals surface area contributed by atoms with Gasteiger partial charge in [-0.3, -0.25) is 10.6 Å². The average Bonchev–Trinajstić information content (AvgIpc) is 2.84. The first-order valence-corrected chi connectivity index (χ1v) is 12.0. The van der Waals surface area contributed by atoms with E-state index in [2.05, 4.69) is 10.6 Å². The van der Waals surface area contributed by atoms with Crippen molar-refractivity contribution in [1.29, 1.82) is 0 Å². The molecule has 0 atom stereocenters. The molecule has 0 aromatic heterocycles. The number of nitrogens with one attached hydrogen (secondary N) is 2. The molecule has 39 heavy (non-hydrogen) atoms. The van der Waals surface area contributed by atoms with E-state index in [4.69, 9.17) is 19.7 Å². The molecule has 2 aromatic rings. The SMILES string of the molecule is CCCCCOC(=O)Nc1ccc(C(=O)O)c([O-])c1.CCCCCOC(=O)Nc1ccc(C(=O)O)c([O-])c1.[Zn+2]. The summed E-state index contributed by atoms with van der Waals surface area (Å²) in [5.74, 6) is -3.90. The third-order valence-electron chi connectivity index (χ3n) is 4.88. The number of carbonyl (C=O) groups is 4. The number of amides is 2. The molecule has 0 saturated heterocycles. The molecule has 0 fully saturated rings. The standard InChI is InChI=1S/2C13H17NO5.Zn/c2*1-2-3-4-7-19-13(18)14-9-5-6-10(12(16)17)11(15)8-9;/h2*5-6,8,15H,2-4,7H2,1H3,(H,14,18)(H,16,17);/q;;+2/p-2. The maximum Gasteiger partial charge on any atom is 2.00 e. The van der Waals surface area contributed by atoms with Crippen LogP contribution in [0.15, 0.2) is 36.4 Å². The number of carboxylic acids is 2. The van der Waals surface area contributed by atoms with E-state index in [0.29, 0.717) is 13.2 Å². The van der Waals surface area contributed by atoms with E-state index >= 15 is 0 Å². The molecule has 0 saturated carbocycles. The summed E-state index contributed by atoms with van der Waals surface area (Å²) in [6, 6.07) is 7.10. The van der Waals surface area contributed by atoms with Crippen molar-refractivity contribution in [3.63, 3.8) is 0 Å². The number of carbonyl (C=O) groups excluding carboxylic acids is 2. The van der Waals surface area contributed by atoms with E-state index in [0.717, 1.165) is 62.8 Å². The van der Waals surface area contributed by atoms with E-state index in [1.54, 1.807) is 0 Å². The molecule has 4 N–H and O–H groups in total. The zero-order chi connectivity index (χ0) is 28.5. The summed E-state index contributed by atoms with van der Waals surface area (Å²) in [5, 5.41) is 44.9. The second-order valence-corrected chi connectivity index (χ2v) is 7.97. The predicted octanol–water partition coefficient (Wildman–Crippen LogP) is 4.39. The van der Waals surface area contributed by atoms with Crippen LogP contribution >= 0.6 is 0 Å². The van der Waals surface area contributed by atoms with Crippen molar-refractivity contribution < 1.29 is 68.6 Å². The fourth-order valence-corrected chi connectivity index (χ4v) is 2.90. The first kappa shape index (κ1) is 35.1. The Morgan fingerprint density at radius 2 is 1.05 bits per heavy atom. The van der Waals surface area contributed by atoms with Crippen LogP contribution in [0.4, 0.5) is 21.0 Å². The van der Waals surface area contributed by atoms with Gasteiger partial charge in [-0.2, -0.15) is 0 Å². The zero-order valence-corrected chi connectivity index (χ0v) is 25.0. The number of benzene rings is 2. The van der Waals surface area contributed by atoms with Crippen molar-refractivity contribution in [2.45, 2.75) is 52.4 Å². The largest absolute Gasteiger partial charge is 2.00 e. The van der Waals surface area contributed by atoms with Crippen LogP contribution in [-0.4, -0.2) is 47.6 Å². The van der Waals surface area contributed by atoms with Gasteiger partial charge in [0.25, 0.3) is 0 Å². The molecule has 0 radical (unpaired) electrons. The van der Waals surface area contributed by atoms with Crippen LogP contribution in [0.2, 0.25) is 0 Å². The maximum atomic E-state index is 11.4. The Morgan fingerprint density at radius 3 is 1.33 bits per heavy atom. The second-order valence-electron chi connectivity index (χ2n) is 7.97. The number of rotatable bonds is 12. The van der Waals surface area contributed by atoms with Crippen molar-refractivity contribution in [3.8, 4) is 11.5 Å². The van der Waals surface area contributed by atoms with Crippen molar-refractivity contribution >= 4 is 35.5 Å². The molecule has 13 heteroatoms. The van der Waals surface area contributed by atoms with Gasteiger partial charge in [0.05, 0.1) is 24.3 Å². The average molecular weight is 598 g/mol. The molecular formula is C26H32N2O10Zn. The molecule has 0 heterocycles. The Hall–Kier alpha value is -3.86. The van der Waals surface area contributed by atoms with Crippen LogP contribution in [-0.2, 0) is 29.0 Å². The molecule has 2 aromatic carbocycles. The van der Waals surface area contributed by atoms with Crippen molar-refractivity contribution in [2.75, 3.05) is 23.8 Å². The van der Waals surface area contributed by atoms with Gasteiger partial charge in [0.2, 0.25) is 0 Å². The number of hydrogen-bond acceptors (Lipinski definition) is 8. The van der Waals surface area contributed by atoms with Gasteiger partial charge in [-0.1, -0.05) is 51.0 Å². The molecule has 0 spiro atoms. The Bertz CT molecular complexity index is 1010. The van der Waals surface area contributed by atoms with Crippen LogP contribution in [0.3, 0.4) is 0 Å². The smallest absolute Gasteiger partial charge is 0.872 e. The third kappa shape index (κ3) is 14.0. The quantitative estimate of drug-likeness (QED) is 0.201. The summed E-state index contributed by atoms with van der Waals surface area (Å²) in [5.41, 5.74) is -0.227. The Morgan fingerprint density at radius 1 is 0.692 bits per heavy atom. The minimum atomic E-state index is -1.29. The van der Waals surface area contributed by atoms with Gasteiger partial charge in [0.1, 0.15) is 0 Å². The van der Waals surface area contributed by atoms with Crippen LogP contribution in [0.1, 0.15) is 73.1 Å². The molecule has 208 valence electrons. The Balaban J connectivity index is 0.000000722. The molecule has 12 nitrogen and oxygen atoms in total. The summed E-state index contributed by atoms with van der Waals surface area (Å²) in [4.78, 5) is 44.0. The fraction of sp³-hybridized carbons (Fsp3) is 0.385. The number of aromatic carboxylic acids is 2. The summed E-state index contributed by atoms with van der Waals surface area (Å²) in [6.07, 6.45) is 4.28. The minimum Gasteiger partial charge on any atom is -0.872 e. The fourth-order valence-electron chi connectivity index (χ4n) is 2.90.